The summed E-state index contributed by atoms with van der Waals surface area (Å²) in [6.07, 6.45) is 11.2. The van der Waals surface area contributed by atoms with Crippen molar-refractivity contribution in [3.63, 3.8) is 0 Å². The van der Waals surface area contributed by atoms with Gasteiger partial charge >= 0.3 is 0 Å². The van der Waals surface area contributed by atoms with Crippen molar-refractivity contribution in [2.24, 2.45) is 29.6 Å². The lowest BCUT2D eigenvalue weighted by Crippen LogP contribution is -2.18. The Hall–Kier alpha value is -0.520. The average molecular weight is 146 g/mol. The van der Waals surface area contributed by atoms with Gasteiger partial charge in [0, 0.05) is 0 Å². The van der Waals surface area contributed by atoms with Crippen LogP contribution in [0.15, 0.2) is 24.3 Å². The first-order valence-corrected chi connectivity index (χ1v) is 4.73. The van der Waals surface area contributed by atoms with Gasteiger partial charge in [0.2, 0.25) is 0 Å². The number of hydrogen-bond donors (Lipinski definition) is 0. The smallest absolute Gasteiger partial charge is 0.0131 e. The quantitative estimate of drug-likeness (QED) is 0.461. The summed E-state index contributed by atoms with van der Waals surface area (Å²) in [4.78, 5) is 0. The van der Waals surface area contributed by atoms with Gasteiger partial charge in [-0.15, -0.1) is 0 Å². The second kappa shape index (κ2) is 1.80. The zero-order valence-electron chi connectivity index (χ0n) is 6.90. The molecule has 0 aromatic carbocycles. The minimum absolute atomic E-state index is 0.847. The molecule has 0 unspecified atom stereocenters. The van der Waals surface area contributed by atoms with Crippen LogP contribution in [-0.4, -0.2) is 0 Å². The fourth-order valence-corrected chi connectivity index (χ4v) is 3.34. The molecule has 0 N–H and O–H groups in total. The van der Waals surface area contributed by atoms with E-state index in [1.165, 1.54) is 6.42 Å². The van der Waals surface area contributed by atoms with Crippen molar-refractivity contribution in [3.8, 4) is 0 Å². The minimum Gasteiger partial charge on any atom is -0.0851 e. The molecule has 3 rings (SSSR count). The molecule has 1 saturated carbocycles. The molecule has 0 nitrogen and oxygen atoms in total. The van der Waals surface area contributed by atoms with Gasteiger partial charge in [-0.05, 0) is 36.0 Å². The molecule has 0 spiro atoms. The van der Waals surface area contributed by atoms with E-state index in [1.54, 1.807) is 0 Å². The van der Waals surface area contributed by atoms with Crippen molar-refractivity contribution >= 4 is 0 Å². The van der Waals surface area contributed by atoms with Crippen molar-refractivity contribution in [1.82, 2.24) is 0 Å². The topological polar surface area (TPSA) is 0 Å². The Morgan fingerprint density at radius 3 is 2.64 bits per heavy atom. The Morgan fingerprint density at radius 1 is 1.00 bits per heavy atom. The maximum Gasteiger partial charge on any atom is -0.0131 e. The normalized spacial score (nSPS) is 57.4. The summed E-state index contributed by atoms with van der Waals surface area (Å²) in [7, 11) is 0. The molecule has 0 aromatic rings. The lowest BCUT2D eigenvalue weighted by molar-refractivity contribution is 0.326. The predicted octanol–water partition coefficient (Wildman–Crippen LogP) is 2.63. The van der Waals surface area contributed by atoms with E-state index in [0.29, 0.717) is 0 Å². The fourth-order valence-electron chi connectivity index (χ4n) is 3.34. The van der Waals surface area contributed by atoms with Crippen LogP contribution in [0, 0.1) is 29.6 Å². The van der Waals surface area contributed by atoms with Crippen LogP contribution in [0.3, 0.4) is 0 Å². The van der Waals surface area contributed by atoms with Crippen LogP contribution in [0.2, 0.25) is 0 Å². The molecule has 11 heavy (non-hydrogen) atoms. The maximum atomic E-state index is 2.46. The molecule has 0 heteroatoms. The summed E-state index contributed by atoms with van der Waals surface area (Å²) in [5.74, 6) is 4.58. The SMILES string of the molecule is C[C@@H]1C=C[C@H]2[C@@H]1[C@H]1C=C[C@H]2C1. The van der Waals surface area contributed by atoms with Crippen molar-refractivity contribution in [2.45, 2.75) is 13.3 Å². The van der Waals surface area contributed by atoms with Crippen molar-refractivity contribution in [2.75, 3.05) is 0 Å². The van der Waals surface area contributed by atoms with E-state index >= 15 is 0 Å². The molecule has 3 aliphatic rings. The van der Waals surface area contributed by atoms with Gasteiger partial charge in [0.15, 0.2) is 0 Å². The Morgan fingerprint density at radius 2 is 1.82 bits per heavy atom. The first-order chi connectivity index (χ1) is 5.36. The molecular formula is C11H14. The van der Waals surface area contributed by atoms with E-state index in [0.717, 1.165) is 29.6 Å². The van der Waals surface area contributed by atoms with E-state index in [-0.39, 0.29) is 0 Å². The maximum absolute atomic E-state index is 2.46. The van der Waals surface area contributed by atoms with Gasteiger partial charge < -0.3 is 0 Å². The Kier molecular flexibility index (Phi) is 0.988. The molecule has 0 amide bonds. The predicted molar refractivity (Wildman–Crippen MR) is 46.0 cm³/mol. The van der Waals surface area contributed by atoms with Gasteiger partial charge in [-0.2, -0.15) is 0 Å². The van der Waals surface area contributed by atoms with Crippen molar-refractivity contribution < 1.29 is 0 Å². The van der Waals surface area contributed by atoms with E-state index < -0.39 is 0 Å². The standard InChI is InChI=1S/C11H14/c1-7-2-5-10-8-3-4-9(6-8)11(7)10/h2-5,7-11H,6H2,1H3/t7-,8+,9+,10-,11+/m1/s1. The number of allylic oxidation sites excluding steroid dienone is 4. The highest BCUT2D eigenvalue weighted by Crippen LogP contribution is 2.54. The molecule has 2 bridgehead atoms. The summed E-state index contributed by atoms with van der Waals surface area (Å²) >= 11 is 0. The molecule has 0 heterocycles. The van der Waals surface area contributed by atoms with Crippen LogP contribution in [0.25, 0.3) is 0 Å². The minimum atomic E-state index is 0.847. The summed E-state index contributed by atoms with van der Waals surface area (Å²) in [5, 5.41) is 0. The highest BCUT2D eigenvalue weighted by Gasteiger charge is 2.47. The summed E-state index contributed by atoms with van der Waals surface area (Å²) in [6, 6.07) is 0. The van der Waals surface area contributed by atoms with Gasteiger partial charge in [0.1, 0.15) is 0 Å². The second-order valence-corrected chi connectivity index (χ2v) is 4.35. The molecule has 0 radical (unpaired) electrons. The Balaban J connectivity index is 2.02. The highest BCUT2D eigenvalue weighted by atomic mass is 14.5. The monoisotopic (exact) mass is 146 g/mol. The molecule has 3 aliphatic carbocycles. The zero-order chi connectivity index (χ0) is 7.42. The van der Waals surface area contributed by atoms with Crippen LogP contribution in [0.5, 0.6) is 0 Å². The van der Waals surface area contributed by atoms with Crippen LogP contribution < -0.4 is 0 Å². The lowest BCUT2D eigenvalue weighted by atomic mass is 9.81. The molecule has 58 valence electrons. The first-order valence-electron chi connectivity index (χ1n) is 4.73. The van der Waals surface area contributed by atoms with Crippen LogP contribution >= 0.6 is 0 Å². The van der Waals surface area contributed by atoms with Crippen LogP contribution in [0.4, 0.5) is 0 Å². The summed E-state index contributed by atoms with van der Waals surface area (Å²) < 4.78 is 0. The number of fused-ring (bicyclic) bond motifs is 5. The molecule has 0 saturated heterocycles. The van der Waals surface area contributed by atoms with E-state index in [2.05, 4.69) is 31.2 Å². The third-order valence-electron chi connectivity index (χ3n) is 3.83. The summed E-state index contributed by atoms with van der Waals surface area (Å²) in [6.45, 7) is 2.37. The van der Waals surface area contributed by atoms with Crippen LogP contribution in [-0.2, 0) is 0 Å². The molecular weight excluding hydrogens is 132 g/mol. The third-order valence-corrected chi connectivity index (χ3v) is 3.83. The molecule has 0 aliphatic heterocycles. The van der Waals surface area contributed by atoms with E-state index in [1.807, 2.05) is 0 Å². The van der Waals surface area contributed by atoms with Crippen molar-refractivity contribution in [3.05, 3.63) is 24.3 Å². The number of hydrogen-bond acceptors (Lipinski definition) is 0. The first kappa shape index (κ1) is 6.05. The van der Waals surface area contributed by atoms with Crippen molar-refractivity contribution in [1.29, 1.82) is 0 Å². The average Bonchev–Trinajstić information content (AvgIpc) is 2.60. The summed E-state index contributed by atoms with van der Waals surface area (Å²) in [5.41, 5.74) is 0. The van der Waals surface area contributed by atoms with Gasteiger partial charge in [0.05, 0.1) is 0 Å². The van der Waals surface area contributed by atoms with E-state index in [4.69, 9.17) is 0 Å². The Labute approximate surface area is 68.0 Å². The molecule has 0 aromatic heterocycles. The zero-order valence-corrected chi connectivity index (χ0v) is 6.90. The van der Waals surface area contributed by atoms with E-state index in [9.17, 15) is 0 Å². The molecule has 1 fully saturated rings. The van der Waals surface area contributed by atoms with Gasteiger partial charge in [-0.25, -0.2) is 0 Å². The van der Waals surface area contributed by atoms with Gasteiger partial charge in [-0.3, -0.25) is 0 Å². The largest absolute Gasteiger partial charge is 0.0851 e. The van der Waals surface area contributed by atoms with Crippen LogP contribution in [0.1, 0.15) is 13.3 Å². The fraction of sp³-hybridized carbons (Fsp3) is 0.636. The second-order valence-electron chi connectivity index (χ2n) is 4.35. The Bertz CT molecular complexity index is 236. The molecule has 5 atom stereocenters. The third kappa shape index (κ3) is 0.610. The highest BCUT2D eigenvalue weighted by molar-refractivity contribution is 5.23. The lowest BCUT2D eigenvalue weighted by Gasteiger charge is -2.23. The van der Waals surface area contributed by atoms with Gasteiger partial charge in [-0.1, -0.05) is 31.2 Å². The number of rotatable bonds is 0. The van der Waals surface area contributed by atoms with Gasteiger partial charge in [0.25, 0.3) is 0 Å².